The molecule has 36 nitrogen and oxygen atoms in total. The van der Waals surface area contributed by atoms with E-state index in [4.69, 9.17) is 52.5 Å². The Kier molecular flexibility index (Phi) is 86.6. The van der Waals surface area contributed by atoms with Gasteiger partial charge in [-0.1, -0.05) is 169 Å². The molecule has 0 aliphatic rings. The monoisotopic (exact) mass is 2070 g/mol. The average molecular weight is 2070 g/mol. The molecule has 0 fully saturated rings. The minimum absolute atomic E-state index is 0. The Hall–Kier alpha value is -6.71. The fourth-order valence-electron chi connectivity index (χ4n) is 11.8. The number of carboxylic acids is 1. The van der Waals surface area contributed by atoms with Crippen molar-refractivity contribution in [2.24, 2.45) is 55.4 Å². The number of hydrogen-bond donors (Lipinski definition) is 10. The lowest BCUT2D eigenvalue weighted by Crippen LogP contribution is -2.54. The molecule has 0 bridgehead atoms. The van der Waals surface area contributed by atoms with Gasteiger partial charge in [-0.25, -0.2) is 9.59 Å². The number of likely N-dealkylation sites (N-methyl/N-ethyl adjacent to an activating group) is 6. The number of nitrogens with one attached hydrogen (secondary N) is 3. The second kappa shape index (κ2) is 76.7. The third kappa shape index (κ3) is 81.2. The topological polar surface area (TPSA) is 455 Å². The number of amides is 12. The molecular weight excluding hydrogens is 1840 g/mol. The smallest absolute Gasteiger partial charge is 0.320 e. The number of aliphatic hydroxyl groups excluding tert-OH is 2. The fourth-order valence-corrected chi connectivity index (χ4v) is 11.8. The number of urea groups is 2. The van der Waals surface area contributed by atoms with Gasteiger partial charge >= 0.3 is 18.0 Å². The number of rotatable bonds is 50. The number of nitrogens with two attached hydrogens (primary N) is 4. The normalized spacial score (nSPS) is 12.4. The summed E-state index contributed by atoms with van der Waals surface area (Å²) < 4.78 is 15.8. The number of nitrogens with zero attached hydrogens (tertiary/aromatic N) is 12. The first-order chi connectivity index (χ1) is 62.1. The van der Waals surface area contributed by atoms with Crippen molar-refractivity contribution in [3.63, 3.8) is 0 Å². The number of ether oxygens (including phenoxy) is 3. The first-order valence-electron chi connectivity index (χ1n) is 49.8. The molecule has 0 radical (unpaired) electrons. The van der Waals surface area contributed by atoms with Crippen molar-refractivity contribution in [2.45, 2.75) is 385 Å². The SMILES string of the molecule is C.C.C.C.C.C.CN(CCN(CCCC(N)=O)C(=O)C(C)(C)C)C(C)(C)C.CN(CCN(CCCC[C@H](N)C(=O)O)C(=O)C(C)(C)C)C(C)(C)C.CN(CCN(CCCNC(N)=O)C(=O)C(C)(C)C)C(C)(C)C.CN(CCN(CCNC(N)=O)C(=O)C(C)(C)C)C(C)(C)C.CN(CCN(CCOCCOCCO)C(=O)C(C)(C)C)C(C)(C)C.C[C@@H](C(=O)NCCOCCO)N(CCN(C)C(C)(C)C)C(=O)C(C)(C)C. The van der Waals surface area contributed by atoms with Gasteiger partial charge < -0.3 is 97.8 Å². The number of aliphatic hydroxyl groups is 2. The largest absolute Gasteiger partial charge is 0.480 e. The lowest BCUT2D eigenvalue weighted by molar-refractivity contribution is -0.146. The minimum Gasteiger partial charge on any atom is -0.480 e. The summed E-state index contributed by atoms with van der Waals surface area (Å²) in [5, 5.41) is 34.0. The van der Waals surface area contributed by atoms with Gasteiger partial charge in [0, 0.05) is 203 Å². The molecule has 0 saturated heterocycles. The van der Waals surface area contributed by atoms with E-state index in [1.807, 2.05) is 158 Å². The van der Waals surface area contributed by atoms with Crippen LogP contribution in [0.25, 0.3) is 0 Å². The Labute approximate surface area is 883 Å². The molecule has 0 aliphatic carbocycles. The zero-order valence-corrected chi connectivity index (χ0v) is 95.9. The van der Waals surface area contributed by atoms with Crippen LogP contribution in [-0.4, -0.2) is 411 Å². The molecule has 0 aromatic carbocycles. The Morgan fingerprint density at radius 1 is 0.285 bits per heavy atom. The van der Waals surface area contributed by atoms with Crippen LogP contribution in [0.3, 0.4) is 0 Å². The van der Waals surface area contributed by atoms with Crippen LogP contribution in [0, 0.1) is 32.5 Å². The van der Waals surface area contributed by atoms with Gasteiger partial charge in [-0.15, -0.1) is 0 Å². The third-order valence-electron chi connectivity index (χ3n) is 23.3. The second-order valence-corrected chi connectivity index (χ2v) is 48.2. The van der Waals surface area contributed by atoms with E-state index in [0.717, 1.165) is 39.1 Å². The van der Waals surface area contributed by atoms with Crippen LogP contribution in [-0.2, 0) is 57.4 Å². The van der Waals surface area contributed by atoms with Crippen LogP contribution >= 0.6 is 0 Å². The molecule has 0 aromatic rings. The lowest BCUT2D eigenvalue weighted by atomic mass is 9.93. The summed E-state index contributed by atoms with van der Waals surface area (Å²) in [5.41, 5.74) is 18.5. The van der Waals surface area contributed by atoms with E-state index in [0.29, 0.717) is 163 Å². The van der Waals surface area contributed by atoms with Crippen molar-refractivity contribution in [2.75, 3.05) is 226 Å². The Balaban J connectivity index is -0.000000144. The summed E-state index contributed by atoms with van der Waals surface area (Å²) in [6.07, 6.45) is 3.55. The fraction of sp³-hybridized carbons (Fsp3) is 0.898. The number of unbranched alkanes of at least 4 members (excludes halogenated alkanes) is 1. The molecule has 144 heavy (non-hydrogen) atoms. The van der Waals surface area contributed by atoms with E-state index < -0.39 is 62.6 Å². The molecule has 0 saturated carbocycles. The molecule has 36 heteroatoms. The highest BCUT2D eigenvalue weighted by Gasteiger charge is 2.37. The van der Waals surface area contributed by atoms with Crippen molar-refractivity contribution < 1.29 is 82.3 Å². The van der Waals surface area contributed by atoms with E-state index in [1.165, 1.54) is 0 Å². The Bertz CT molecular complexity index is 3350. The first-order valence-corrected chi connectivity index (χ1v) is 49.8. The quantitative estimate of drug-likeness (QED) is 0.0253. The summed E-state index contributed by atoms with van der Waals surface area (Å²) in [4.78, 5) is 155. The predicted octanol–water partition coefficient (Wildman–Crippen LogP) is 13.5. The first kappa shape index (κ1) is 162. The number of carbonyl (C=O) groups is 11. The molecule has 0 rings (SSSR count). The predicted molar refractivity (Wildman–Crippen MR) is 603 cm³/mol. The van der Waals surface area contributed by atoms with Crippen LogP contribution in [0.1, 0.15) is 339 Å². The van der Waals surface area contributed by atoms with Crippen molar-refractivity contribution in [3.05, 3.63) is 0 Å². The van der Waals surface area contributed by atoms with Crippen LogP contribution in [0.2, 0.25) is 0 Å². The summed E-state index contributed by atoms with van der Waals surface area (Å²) in [5.74, 6) is -0.918. The van der Waals surface area contributed by atoms with Gasteiger partial charge in [-0.2, -0.15) is 0 Å². The van der Waals surface area contributed by atoms with E-state index in [-0.39, 0.29) is 145 Å². The highest BCUT2D eigenvalue weighted by Crippen LogP contribution is 2.26. The van der Waals surface area contributed by atoms with Gasteiger partial charge in [0.25, 0.3) is 0 Å². The second-order valence-electron chi connectivity index (χ2n) is 48.2. The van der Waals surface area contributed by atoms with Crippen LogP contribution in [0.5, 0.6) is 0 Å². The van der Waals surface area contributed by atoms with E-state index in [9.17, 15) is 52.7 Å². The van der Waals surface area contributed by atoms with Gasteiger partial charge in [0.2, 0.25) is 47.3 Å². The molecule has 14 N–H and O–H groups in total. The van der Waals surface area contributed by atoms with Gasteiger partial charge in [0.1, 0.15) is 12.1 Å². The summed E-state index contributed by atoms with van der Waals surface area (Å²) in [6.45, 7) is 89.8. The van der Waals surface area contributed by atoms with Crippen molar-refractivity contribution in [1.82, 2.24) is 74.7 Å². The van der Waals surface area contributed by atoms with E-state index in [1.54, 1.807) is 16.7 Å². The molecule has 0 spiro atoms. The average Bonchev–Trinajstić information content (AvgIpc) is 0.836. The molecule has 2 atom stereocenters. The number of carboxylic acid groups (broad SMARTS) is 1. The van der Waals surface area contributed by atoms with Gasteiger partial charge in [0.15, 0.2) is 0 Å². The molecule has 0 aromatic heterocycles. The summed E-state index contributed by atoms with van der Waals surface area (Å²) >= 11 is 0. The highest BCUT2D eigenvalue weighted by molar-refractivity contribution is 5.90. The van der Waals surface area contributed by atoms with Crippen LogP contribution in [0.4, 0.5) is 9.59 Å². The minimum atomic E-state index is -0.968. The molecule has 866 valence electrons. The number of carbonyl (C=O) groups excluding carboxylic acids is 10. The molecule has 12 amide bonds. The van der Waals surface area contributed by atoms with Crippen molar-refractivity contribution in [3.8, 4) is 0 Å². The Morgan fingerprint density at radius 2 is 0.535 bits per heavy atom. The van der Waals surface area contributed by atoms with E-state index in [2.05, 4.69) is 198 Å². The number of primary amides is 3. The van der Waals surface area contributed by atoms with Crippen molar-refractivity contribution in [1.29, 1.82) is 0 Å². The number of hydrogen-bond acceptors (Lipinski definition) is 23. The maximum absolute atomic E-state index is 12.9. The van der Waals surface area contributed by atoms with E-state index >= 15 is 0 Å². The van der Waals surface area contributed by atoms with Crippen LogP contribution < -0.4 is 38.9 Å². The van der Waals surface area contributed by atoms with Gasteiger partial charge in [0.05, 0.1) is 52.9 Å². The lowest BCUT2D eigenvalue weighted by Gasteiger charge is -2.37. The van der Waals surface area contributed by atoms with Gasteiger partial charge in [-0.05, 0) is 206 Å². The van der Waals surface area contributed by atoms with Gasteiger partial charge in [-0.3, -0.25) is 72.6 Å². The molecule has 0 heterocycles. The summed E-state index contributed by atoms with van der Waals surface area (Å²) in [6, 6.07) is -2.47. The molecular formula is C108H237N19O17. The van der Waals surface area contributed by atoms with Crippen LogP contribution in [0.15, 0.2) is 0 Å². The standard InChI is InChI=1S/C19H39N3O4.C18H37N3O3.C18H38N2O4.C16H34N4O2.C16H33N3O2.C15H32N4O2.6CH4/c1-15(16(24)20-9-13-26-14-12-23)22(17(25)18(2,3)4)11-10-21(8)19(5,6)7;1-17(2,3)16(24)21(13-12-20(7)18(4,5)6)11-9-8-10-14(19)15(22)23;1-17(2,3)16(22)20(9-8-19(7)18(4,5)6)10-12-23-14-15-24-13-11-21;1-15(2,3)13(21)20(10-8-9-18-14(17)22)12-11-19(7)16(4,5)6;1-15(2,3)14(21)19(10-8-9-13(17)20)12-11-18(7)16(4,5)6;1-14(2,3)12(20)19(9-8-17-13(16)21)11-10-18(7)15(4,5)6;;;;;;/h15,23H,9-14H2,1-8H3,(H,20,24);14H,8-13,19H2,1-7H3,(H,22,23);21H,8-15H2,1-7H3;8-12H2,1-7H3,(H3,17,18,22);8-12H2,1-7H3,(H2,17,20);8-11H2,1-7H3,(H3,16,17,21);6*1H4/t15-;14-;;;;;;;;;;/m00........../s1. The third-order valence-corrected chi connectivity index (χ3v) is 23.3. The maximum atomic E-state index is 12.9. The number of aliphatic carboxylic acids is 1. The highest BCUT2D eigenvalue weighted by atomic mass is 16.5. The zero-order chi connectivity index (χ0) is 110. The zero-order valence-electron chi connectivity index (χ0n) is 95.9. The maximum Gasteiger partial charge on any atom is 0.320 e. The van der Waals surface area contributed by atoms with Crippen molar-refractivity contribution >= 4 is 65.3 Å². The summed E-state index contributed by atoms with van der Waals surface area (Å²) in [7, 11) is 12.3. The Morgan fingerprint density at radius 3 is 0.799 bits per heavy atom. The molecule has 0 aliphatic heterocycles. The molecule has 0 unspecified atom stereocenters.